The molecule has 0 radical (unpaired) electrons. The Kier molecular flexibility index (Phi) is 8.93. The molecule has 2 aromatic carbocycles. The number of aliphatic hydroxyl groups excluding tert-OH is 1. The summed E-state index contributed by atoms with van der Waals surface area (Å²) in [5, 5.41) is 35.8. The van der Waals surface area contributed by atoms with E-state index in [4.69, 9.17) is 0 Å². The third kappa shape index (κ3) is 6.47. The summed E-state index contributed by atoms with van der Waals surface area (Å²) in [4.78, 5) is 31.2. The quantitative estimate of drug-likeness (QED) is 0.307. The second-order valence-corrected chi connectivity index (χ2v) is 13.2. The van der Waals surface area contributed by atoms with Crippen LogP contribution in [0.3, 0.4) is 0 Å². The van der Waals surface area contributed by atoms with E-state index in [0.717, 1.165) is 19.4 Å². The number of carbonyl (C=O) groups is 2. The minimum Gasteiger partial charge on any atom is -0.508 e. The number of phenolic OH excluding ortho intramolecular Hbond substituents is 1. The molecule has 2 atom stereocenters. The Hall–Kier alpha value is -3.33. The first-order chi connectivity index (χ1) is 20.4. The smallest absolute Gasteiger partial charge is 0.189 e. The zero-order valence-corrected chi connectivity index (χ0v) is 25.3. The summed E-state index contributed by atoms with van der Waals surface area (Å²) in [7, 11) is 0. The number of allylic oxidation sites excluding steroid dienone is 3. The number of ketones is 2. The number of benzene rings is 2. The number of nitrogens with zero attached hydrogens (tertiary/aromatic N) is 1. The summed E-state index contributed by atoms with van der Waals surface area (Å²) in [5.74, 6) is -1.52. The highest BCUT2D eigenvalue weighted by molar-refractivity contribution is 6.16. The van der Waals surface area contributed by atoms with Crippen molar-refractivity contribution in [2.24, 2.45) is 17.3 Å². The van der Waals surface area contributed by atoms with E-state index in [-0.39, 0.29) is 52.3 Å². The van der Waals surface area contributed by atoms with Gasteiger partial charge in [0, 0.05) is 35.7 Å². The molecule has 0 amide bonds. The lowest BCUT2D eigenvalue weighted by Gasteiger charge is -2.47. The maximum Gasteiger partial charge on any atom is 0.189 e. The number of hydrogen-bond donors (Lipinski definition) is 4. The summed E-state index contributed by atoms with van der Waals surface area (Å²) in [6.07, 6.45) is 4.66. The molecule has 1 aliphatic carbocycles. The second-order valence-electron chi connectivity index (χ2n) is 13.2. The number of aromatic hydroxyl groups is 1. The van der Waals surface area contributed by atoms with Crippen molar-refractivity contribution in [2.45, 2.75) is 58.5 Å². The lowest BCUT2D eigenvalue weighted by Crippen LogP contribution is -2.51. The number of halogens is 1. The van der Waals surface area contributed by atoms with E-state index < -0.39 is 22.6 Å². The number of nitrogens with one attached hydrogen (secondary N) is 1. The van der Waals surface area contributed by atoms with Crippen molar-refractivity contribution < 1.29 is 29.3 Å². The van der Waals surface area contributed by atoms with Crippen LogP contribution in [0.1, 0.15) is 67.4 Å². The van der Waals surface area contributed by atoms with Gasteiger partial charge in [0.1, 0.15) is 23.1 Å². The Labute approximate surface area is 253 Å². The van der Waals surface area contributed by atoms with E-state index in [1.54, 1.807) is 51.1 Å². The molecular weight excluding hydrogens is 547 g/mol. The van der Waals surface area contributed by atoms with Crippen molar-refractivity contribution in [3.05, 3.63) is 82.4 Å². The zero-order chi connectivity index (χ0) is 30.9. The van der Waals surface area contributed by atoms with E-state index in [1.165, 1.54) is 18.2 Å². The molecule has 8 heteroatoms. The second kappa shape index (κ2) is 12.3. The van der Waals surface area contributed by atoms with Crippen LogP contribution < -0.4 is 5.32 Å². The first kappa shape index (κ1) is 31.1. The molecule has 230 valence electrons. The Morgan fingerprint density at radius 1 is 1.09 bits per heavy atom. The van der Waals surface area contributed by atoms with Gasteiger partial charge in [0.15, 0.2) is 5.78 Å². The molecule has 2 fully saturated rings. The standard InChI is InChI=1S/C35H43FN2O5/c1-22-27(10-5-11-29(22)36)31-28(32(41)23-7-4-9-26(39)17-23)18-35(19-30(31)40,33(42)24-8-6-14-37-20-24)25-12-15-38(16-13-25)21-34(2,3)43/h4-5,7,9-11,17,19,24-25,37,39-40,43H,6,8,12-16,18,20-21H2,1-3H3. The average molecular weight is 591 g/mol. The van der Waals surface area contributed by atoms with Gasteiger partial charge in [0.05, 0.1) is 11.0 Å². The van der Waals surface area contributed by atoms with Gasteiger partial charge in [0.25, 0.3) is 0 Å². The fourth-order valence-electron chi connectivity index (χ4n) is 7.33. The van der Waals surface area contributed by atoms with Gasteiger partial charge in [0.2, 0.25) is 0 Å². The molecule has 43 heavy (non-hydrogen) atoms. The van der Waals surface area contributed by atoms with Gasteiger partial charge in [-0.05, 0) is 114 Å². The van der Waals surface area contributed by atoms with Crippen LogP contribution in [0, 0.1) is 30.0 Å². The highest BCUT2D eigenvalue weighted by Gasteiger charge is 2.51. The summed E-state index contributed by atoms with van der Waals surface area (Å²) in [6.45, 7) is 8.43. The van der Waals surface area contributed by atoms with Crippen LogP contribution in [0.2, 0.25) is 0 Å². The predicted molar refractivity (Wildman–Crippen MR) is 164 cm³/mol. The number of Topliss-reactive ketones (excluding diaryl/α,β-unsaturated/α-hetero) is 2. The molecule has 0 saturated carbocycles. The Bertz CT molecular complexity index is 1440. The highest BCUT2D eigenvalue weighted by atomic mass is 19.1. The number of piperidine rings is 2. The van der Waals surface area contributed by atoms with Crippen LogP contribution >= 0.6 is 0 Å². The van der Waals surface area contributed by atoms with E-state index in [9.17, 15) is 29.3 Å². The number of hydrogen-bond acceptors (Lipinski definition) is 7. The van der Waals surface area contributed by atoms with Crippen molar-refractivity contribution in [1.29, 1.82) is 0 Å². The van der Waals surface area contributed by atoms with E-state index in [2.05, 4.69) is 10.2 Å². The van der Waals surface area contributed by atoms with Crippen molar-refractivity contribution >= 4 is 17.1 Å². The van der Waals surface area contributed by atoms with Crippen molar-refractivity contribution in [1.82, 2.24) is 10.2 Å². The molecule has 0 bridgehead atoms. The summed E-state index contributed by atoms with van der Waals surface area (Å²) in [5.41, 5.74) is -0.576. The molecule has 5 rings (SSSR count). The Morgan fingerprint density at radius 3 is 2.47 bits per heavy atom. The molecule has 2 heterocycles. The monoisotopic (exact) mass is 590 g/mol. The molecular formula is C35H43FN2O5. The SMILES string of the molecule is Cc1c(F)cccc1C1=C(C(=O)c2cccc(O)c2)CC(C(=O)C2CCCNC2)(C2CCN(CC(C)(C)O)CC2)C=C1O. The third-order valence-corrected chi connectivity index (χ3v) is 9.39. The van der Waals surface area contributed by atoms with Gasteiger partial charge in [-0.1, -0.05) is 24.3 Å². The van der Waals surface area contributed by atoms with Crippen LogP contribution in [0.4, 0.5) is 4.39 Å². The van der Waals surface area contributed by atoms with Crippen molar-refractivity contribution in [2.75, 3.05) is 32.7 Å². The van der Waals surface area contributed by atoms with Crippen LogP contribution in [0.15, 0.2) is 59.9 Å². The fourth-order valence-corrected chi connectivity index (χ4v) is 7.33. The van der Waals surface area contributed by atoms with E-state index >= 15 is 0 Å². The molecule has 7 nitrogen and oxygen atoms in total. The normalized spacial score (nSPS) is 24.1. The first-order valence-corrected chi connectivity index (χ1v) is 15.3. The molecule has 2 saturated heterocycles. The summed E-state index contributed by atoms with van der Waals surface area (Å²) in [6, 6.07) is 10.6. The fraction of sp³-hybridized carbons (Fsp3) is 0.486. The average Bonchev–Trinajstić information content (AvgIpc) is 2.97. The van der Waals surface area contributed by atoms with E-state index in [0.29, 0.717) is 50.1 Å². The molecule has 0 spiro atoms. The number of rotatable bonds is 8. The Balaban J connectivity index is 1.63. The van der Waals surface area contributed by atoms with Gasteiger partial charge >= 0.3 is 0 Å². The number of aliphatic hydroxyl groups is 2. The molecule has 2 unspecified atom stereocenters. The van der Waals surface area contributed by atoms with Gasteiger partial charge in [-0.3, -0.25) is 9.59 Å². The van der Waals surface area contributed by atoms with Gasteiger partial charge in [-0.25, -0.2) is 4.39 Å². The maximum atomic E-state index is 14.8. The predicted octanol–water partition coefficient (Wildman–Crippen LogP) is 5.36. The number of carbonyl (C=O) groups excluding carboxylic acids is 2. The van der Waals surface area contributed by atoms with Gasteiger partial charge in [-0.15, -0.1) is 0 Å². The van der Waals surface area contributed by atoms with Crippen molar-refractivity contribution in [3.8, 4) is 5.75 Å². The lowest BCUT2D eigenvalue weighted by atomic mass is 9.58. The first-order valence-electron chi connectivity index (χ1n) is 15.3. The minimum atomic E-state index is -1.14. The minimum absolute atomic E-state index is 0.0170. The molecule has 3 aliphatic rings. The summed E-state index contributed by atoms with van der Waals surface area (Å²) < 4.78 is 14.8. The summed E-state index contributed by atoms with van der Waals surface area (Å²) >= 11 is 0. The van der Waals surface area contributed by atoms with Crippen LogP contribution in [0.5, 0.6) is 5.75 Å². The van der Waals surface area contributed by atoms with Gasteiger partial charge < -0.3 is 25.5 Å². The third-order valence-electron chi connectivity index (χ3n) is 9.39. The van der Waals surface area contributed by atoms with Crippen LogP contribution in [-0.4, -0.2) is 70.1 Å². The van der Waals surface area contributed by atoms with Crippen molar-refractivity contribution in [3.63, 3.8) is 0 Å². The molecule has 2 aliphatic heterocycles. The lowest BCUT2D eigenvalue weighted by molar-refractivity contribution is -0.135. The van der Waals surface area contributed by atoms with E-state index in [1.807, 2.05) is 0 Å². The molecule has 0 aromatic heterocycles. The largest absolute Gasteiger partial charge is 0.508 e. The zero-order valence-electron chi connectivity index (χ0n) is 25.3. The number of phenols is 1. The number of likely N-dealkylation sites (tertiary alicyclic amines) is 1. The van der Waals surface area contributed by atoms with Gasteiger partial charge in [-0.2, -0.15) is 0 Å². The Morgan fingerprint density at radius 2 is 1.81 bits per heavy atom. The van der Waals surface area contributed by atoms with Crippen LogP contribution in [-0.2, 0) is 4.79 Å². The molecule has 2 aromatic rings. The molecule has 4 N–H and O–H groups in total. The van der Waals surface area contributed by atoms with Crippen LogP contribution in [0.25, 0.3) is 5.57 Å². The maximum absolute atomic E-state index is 14.8. The topological polar surface area (TPSA) is 110 Å². The highest BCUT2D eigenvalue weighted by Crippen LogP contribution is 2.51. The number of β-amino-alcohol motifs (C(OH)–C–C–N with tert-alkyl or cyclic N) is 1.